The predicted octanol–water partition coefficient (Wildman–Crippen LogP) is 6.71. The van der Waals surface area contributed by atoms with Crippen molar-refractivity contribution in [1.29, 1.82) is 0 Å². The lowest BCUT2D eigenvalue weighted by molar-refractivity contribution is -0.141. The summed E-state index contributed by atoms with van der Waals surface area (Å²) in [6.45, 7) is 0.333. The summed E-state index contributed by atoms with van der Waals surface area (Å²) in [5.41, 5.74) is 4.92. The zero-order chi connectivity index (χ0) is 35.3. The molecule has 0 N–H and O–H groups in total. The SMILES string of the molecule is COC(=O)C1=C(C(=O)OC)C2(c3ccccc3-c3c(C(=O)OC)cccc32)[C@@H](c2ccc(Cl)cc2)C=C2c3cc(OC)c(OC)cc3CCN21. The van der Waals surface area contributed by atoms with E-state index in [0.717, 1.165) is 22.3 Å². The highest BCUT2D eigenvalue weighted by atomic mass is 35.5. The molecule has 10 heteroatoms. The second kappa shape index (κ2) is 12.7. The largest absolute Gasteiger partial charge is 0.493 e. The molecule has 0 fully saturated rings. The summed E-state index contributed by atoms with van der Waals surface area (Å²) in [6, 6.07) is 24.2. The first-order valence-corrected chi connectivity index (χ1v) is 16.4. The van der Waals surface area contributed by atoms with Gasteiger partial charge < -0.3 is 28.6 Å². The van der Waals surface area contributed by atoms with Crippen LogP contribution in [0.2, 0.25) is 5.02 Å². The number of carbonyl (C=O) groups excluding carboxylic acids is 3. The van der Waals surface area contributed by atoms with Crippen LogP contribution in [0.25, 0.3) is 16.8 Å². The zero-order valence-electron chi connectivity index (χ0n) is 28.2. The van der Waals surface area contributed by atoms with E-state index < -0.39 is 29.2 Å². The van der Waals surface area contributed by atoms with Crippen LogP contribution in [-0.4, -0.2) is 64.9 Å². The molecule has 0 radical (unpaired) electrons. The van der Waals surface area contributed by atoms with Crippen LogP contribution in [0, 0.1) is 0 Å². The Morgan fingerprint density at radius 1 is 0.740 bits per heavy atom. The molecule has 0 saturated heterocycles. The van der Waals surface area contributed by atoms with Gasteiger partial charge in [-0.1, -0.05) is 66.2 Å². The molecule has 2 aliphatic heterocycles. The average molecular weight is 692 g/mol. The van der Waals surface area contributed by atoms with Crippen molar-refractivity contribution in [2.45, 2.75) is 17.8 Å². The Morgan fingerprint density at radius 3 is 2.08 bits per heavy atom. The number of esters is 3. The van der Waals surface area contributed by atoms with E-state index in [0.29, 0.717) is 57.4 Å². The van der Waals surface area contributed by atoms with Crippen LogP contribution < -0.4 is 9.47 Å². The standard InChI is InChI=1S/C40H34ClNO8/c1-46-32-19-23-17-18-42-31(27(23)20-33(32)47-2)21-30(22-13-15-24(41)16-14-22)40(35(38(44)49-4)36(42)39(45)50-5)28-11-7-6-9-25(28)34-26(37(43)48-3)10-8-12-29(34)40/h6-16,19-21,30H,17-18H2,1-5H3/t30-,40?/m1/s1. The summed E-state index contributed by atoms with van der Waals surface area (Å²) in [4.78, 5) is 44.2. The highest BCUT2D eigenvalue weighted by molar-refractivity contribution is 6.30. The van der Waals surface area contributed by atoms with Gasteiger partial charge in [0.25, 0.3) is 0 Å². The lowest BCUT2D eigenvalue weighted by Crippen LogP contribution is -2.41. The van der Waals surface area contributed by atoms with Gasteiger partial charge >= 0.3 is 17.9 Å². The monoisotopic (exact) mass is 691 g/mol. The second-order valence-electron chi connectivity index (χ2n) is 12.1. The van der Waals surface area contributed by atoms with Crippen molar-refractivity contribution < 1.29 is 38.1 Å². The van der Waals surface area contributed by atoms with Gasteiger partial charge in [0.1, 0.15) is 5.70 Å². The molecule has 0 saturated carbocycles. The van der Waals surface area contributed by atoms with Gasteiger partial charge in [0.05, 0.1) is 52.1 Å². The third-order valence-electron chi connectivity index (χ3n) is 9.99. The third-order valence-corrected chi connectivity index (χ3v) is 10.2. The first-order valence-electron chi connectivity index (χ1n) is 16.0. The van der Waals surface area contributed by atoms with Crippen molar-refractivity contribution in [1.82, 2.24) is 4.90 Å². The minimum absolute atomic E-state index is 0.0358. The molecule has 2 heterocycles. The smallest absolute Gasteiger partial charge is 0.355 e. The number of hydrogen-bond donors (Lipinski definition) is 0. The van der Waals surface area contributed by atoms with Crippen molar-refractivity contribution in [3.63, 3.8) is 0 Å². The van der Waals surface area contributed by atoms with Crippen molar-refractivity contribution in [2.75, 3.05) is 42.1 Å². The van der Waals surface area contributed by atoms with Gasteiger partial charge in [0.2, 0.25) is 0 Å². The molecule has 4 aromatic carbocycles. The first kappa shape index (κ1) is 33.0. The van der Waals surface area contributed by atoms with Crippen LogP contribution in [-0.2, 0) is 35.6 Å². The van der Waals surface area contributed by atoms with Crippen molar-refractivity contribution >= 4 is 35.2 Å². The van der Waals surface area contributed by atoms with Crippen LogP contribution in [0.3, 0.4) is 0 Å². The zero-order valence-corrected chi connectivity index (χ0v) is 28.9. The van der Waals surface area contributed by atoms with Crippen LogP contribution >= 0.6 is 11.6 Å². The summed E-state index contributed by atoms with van der Waals surface area (Å²) in [6.07, 6.45) is 2.60. The lowest BCUT2D eigenvalue weighted by Gasteiger charge is -2.39. The van der Waals surface area contributed by atoms with Crippen LogP contribution in [0.1, 0.15) is 44.1 Å². The van der Waals surface area contributed by atoms with E-state index in [9.17, 15) is 14.4 Å². The quantitative estimate of drug-likeness (QED) is 0.161. The molecular weight excluding hydrogens is 658 g/mol. The molecule has 50 heavy (non-hydrogen) atoms. The predicted molar refractivity (Wildman–Crippen MR) is 187 cm³/mol. The molecule has 7 rings (SSSR count). The Hall–Kier alpha value is -5.54. The molecule has 9 nitrogen and oxygen atoms in total. The maximum atomic E-state index is 14.7. The number of rotatable bonds is 6. The van der Waals surface area contributed by atoms with Crippen molar-refractivity contribution in [2.24, 2.45) is 0 Å². The molecule has 2 atom stereocenters. The van der Waals surface area contributed by atoms with E-state index in [1.54, 1.807) is 38.5 Å². The lowest BCUT2D eigenvalue weighted by atomic mass is 9.61. The van der Waals surface area contributed by atoms with Crippen molar-refractivity contribution in [3.8, 4) is 22.6 Å². The molecule has 254 valence electrons. The average Bonchev–Trinajstić information content (AvgIpc) is 3.37. The third kappa shape index (κ3) is 4.71. The Kier molecular flexibility index (Phi) is 8.40. The van der Waals surface area contributed by atoms with E-state index in [1.165, 1.54) is 21.3 Å². The van der Waals surface area contributed by atoms with E-state index in [4.69, 9.17) is 35.3 Å². The second-order valence-corrected chi connectivity index (χ2v) is 12.6. The number of hydrogen-bond acceptors (Lipinski definition) is 9. The Bertz CT molecular complexity index is 2140. The fourth-order valence-electron chi connectivity index (χ4n) is 7.97. The number of benzene rings is 4. The molecule has 1 unspecified atom stereocenters. The maximum absolute atomic E-state index is 14.7. The summed E-state index contributed by atoms with van der Waals surface area (Å²) in [5, 5.41) is 0.532. The van der Waals surface area contributed by atoms with Crippen LogP contribution in [0.4, 0.5) is 0 Å². The minimum Gasteiger partial charge on any atom is -0.493 e. The number of methoxy groups -OCH3 is 5. The summed E-state index contributed by atoms with van der Waals surface area (Å²) in [7, 11) is 7.07. The molecule has 1 spiro atoms. The van der Waals surface area contributed by atoms with E-state index in [1.807, 2.05) is 59.5 Å². The van der Waals surface area contributed by atoms with E-state index >= 15 is 0 Å². The fourth-order valence-corrected chi connectivity index (χ4v) is 8.09. The number of nitrogens with zero attached hydrogens (tertiary/aromatic N) is 1. The molecule has 4 aromatic rings. The van der Waals surface area contributed by atoms with Gasteiger partial charge in [0, 0.05) is 34.3 Å². The van der Waals surface area contributed by atoms with Gasteiger partial charge in [-0.05, 0) is 64.6 Å². The highest BCUT2D eigenvalue weighted by Crippen LogP contribution is 2.63. The number of carbonyl (C=O) groups is 3. The normalized spacial score (nSPS) is 18.6. The van der Waals surface area contributed by atoms with Crippen molar-refractivity contribution in [3.05, 3.63) is 135 Å². The topological polar surface area (TPSA) is 101 Å². The number of halogens is 1. The Balaban J connectivity index is 1.72. The summed E-state index contributed by atoms with van der Waals surface area (Å²) in [5.74, 6) is -1.55. The van der Waals surface area contributed by atoms with Crippen LogP contribution in [0.5, 0.6) is 11.5 Å². The molecule has 3 aliphatic rings. The molecule has 0 amide bonds. The highest BCUT2D eigenvalue weighted by Gasteiger charge is 2.58. The molecular formula is C40H34ClNO8. The first-order chi connectivity index (χ1) is 24.2. The van der Waals surface area contributed by atoms with Gasteiger partial charge in [0.15, 0.2) is 11.5 Å². The number of allylic oxidation sites excluding steroid dienone is 1. The fraction of sp³-hybridized carbons (Fsp3) is 0.225. The number of ether oxygens (including phenoxy) is 5. The van der Waals surface area contributed by atoms with Crippen LogP contribution in [0.15, 0.2) is 96.2 Å². The van der Waals surface area contributed by atoms with E-state index in [2.05, 4.69) is 6.08 Å². The van der Waals surface area contributed by atoms with Gasteiger partial charge in [-0.3, -0.25) is 0 Å². The summed E-state index contributed by atoms with van der Waals surface area (Å²) >= 11 is 6.45. The van der Waals surface area contributed by atoms with Gasteiger partial charge in [-0.25, -0.2) is 14.4 Å². The van der Waals surface area contributed by atoms with Gasteiger partial charge in [-0.2, -0.15) is 0 Å². The van der Waals surface area contributed by atoms with Gasteiger partial charge in [-0.15, -0.1) is 0 Å². The minimum atomic E-state index is -1.42. The molecule has 1 aliphatic carbocycles. The molecule has 0 aromatic heterocycles. The Morgan fingerprint density at radius 2 is 1.40 bits per heavy atom. The maximum Gasteiger partial charge on any atom is 0.355 e. The summed E-state index contributed by atoms with van der Waals surface area (Å²) < 4.78 is 27.7. The Labute approximate surface area is 294 Å². The molecule has 0 bridgehead atoms. The number of fused-ring (bicyclic) bond motifs is 8. The van der Waals surface area contributed by atoms with E-state index in [-0.39, 0.29) is 11.3 Å².